The summed E-state index contributed by atoms with van der Waals surface area (Å²) in [7, 11) is -3.63. The first-order valence-corrected chi connectivity index (χ1v) is 10.2. The van der Waals surface area contributed by atoms with E-state index in [2.05, 4.69) is 10.6 Å². The first-order valence-electron chi connectivity index (χ1n) is 8.01. The lowest BCUT2D eigenvalue weighted by atomic mass is 10.2. The summed E-state index contributed by atoms with van der Waals surface area (Å²) >= 11 is 6.09. The van der Waals surface area contributed by atoms with Gasteiger partial charge in [0.15, 0.2) is 0 Å². The highest BCUT2D eigenvalue weighted by molar-refractivity contribution is 7.88. The normalized spacial score (nSPS) is 11.3. The highest BCUT2D eigenvalue weighted by atomic mass is 35.5. The molecule has 7 nitrogen and oxygen atoms in total. The molecule has 2 aromatic rings. The van der Waals surface area contributed by atoms with E-state index in [1.807, 2.05) is 0 Å². The Morgan fingerprint density at radius 2 is 1.67 bits per heavy atom. The minimum Gasteiger partial charge on any atom is -0.326 e. The fourth-order valence-electron chi connectivity index (χ4n) is 2.35. The number of hydrogen-bond acceptors (Lipinski definition) is 4. The van der Waals surface area contributed by atoms with Crippen LogP contribution in [-0.4, -0.2) is 37.3 Å². The molecule has 2 rings (SSSR count). The molecule has 2 N–H and O–H groups in total. The van der Waals surface area contributed by atoms with Gasteiger partial charge in [0.2, 0.25) is 21.8 Å². The molecule has 2 amide bonds. The molecule has 0 saturated carbocycles. The Labute approximate surface area is 163 Å². The number of anilines is 2. The van der Waals surface area contributed by atoms with Crippen LogP contribution >= 0.6 is 11.6 Å². The molecule has 0 unspecified atom stereocenters. The van der Waals surface area contributed by atoms with Crippen LogP contribution < -0.4 is 10.6 Å². The third kappa shape index (κ3) is 6.67. The molecule has 0 fully saturated rings. The smallest absolute Gasteiger partial charge is 0.239 e. The van der Waals surface area contributed by atoms with Gasteiger partial charge in [0, 0.05) is 29.9 Å². The van der Waals surface area contributed by atoms with Gasteiger partial charge in [-0.05, 0) is 29.8 Å². The first-order chi connectivity index (χ1) is 12.6. The fourth-order valence-corrected chi connectivity index (χ4v) is 3.27. The number of sulfonamides is 1. The molecule has 0 spiro atoms. The summed E-state index contributed by atoms with van der Waals surface area (Å²) in [6.07, 6.45) is 1.04. The summed E-state index contributed by atoms with van der Waals surface area (Å²) < 4.78 is 25.2. The maximum Gasteiger partial charge on any atom is 0.239 e. The minimum absolute atomic E-state index is 0.0160. The zero-order valence-corrected chi connectivity index (χ0v) is 16.5. The van der Waals surface area contributed by atoms with E-state index in [4.69, 9.17) is 11.6 Å². The molecule has 0 bridgehead atoms. The second-order valence-electron chi connectivity index (χ2n) is 5.93. The van der Waals surface area contributed by atoms with Crippen LogP contribution in [0.25, 0.3) is 0 Å². The van der Waals surface area contributed by atoms with E-state index in [-0.39, 0.29) is 19.0 Å². The lowest BCUT2D eigenvalue weighted by Gasteiger charge is -2.20. The van der Waals surface area contributed by atoms with Crippen LogP contribution in [0.2, 0.25) is 5.02 Å². The molecular weight excluding hydrogens is 390 g/mol. The standard InChI is InChI=1S/C18H20ClN3O4S/c1-13(23)20-15-7-5-8-16(10-15)21-18(24)12-22(27(2,25)26)11-14-6-3-4-9-17(14)19/h3-10H,11-12H2,1-2H3,(H,20,23)(H,21,24). The summed E-state index contributed by atoms with van der Waals surface area (Å²) in [5.41, 5.74) is 1.57. The number of hydrogen-bond donors (Lipinski definition) is 2. The Morgan fingerprint density at radius 1 is 1.04 bits per heavy atom. The van der Waals surface area contributed by atoms with E-state index in [1.54, 1.807) is 48.5 Å². The second-order valence-corrected chi connectivity index (χ2v) is 8.32. The van der Waals surface area contributed by atoms with Gasteiger partial charge in [-0.3, -0.25) is 9.59 Å². The third-order valence-corrected chi connectivity index (χ3v) is 5.13. The monoisotopic (exact) mass is 409 g/mol. The van der Waals surface area contributed by atoms with Gasteiger partial charge in [0.05, 0.1) is 12.8 Å². The van der Waals surface area contributed by atoms with Gasteiger partial charge in [0.1, 0.15) is 0 Å². The molecule has 144 valence electrons. The Bertz CT molecular complexity index is 947. The van der Waals surface area contributed by atoms with Crippen molar-refractivity contribution >= 4 is 44.8 Å². The number of carbonyl (C=O) groups excluding carboxylic acids is 2. The Morgan fingerprint density at radius 3 is 2.26 bits per heavy atom. The van der Waals surface area contributed by atoms with Crippen molar-refractivity contribution in [1.29, 1.82) is 0 Å². The van der Waals surface area contributed by atoms with Gasteiger partial charge in [-0.1, -0.05) is 35.9 Å². The van der Waals surface area contributed by atoms with E-state index in [9.17, 15) is 18.0 Å². The third-order valence-electron chi connectivity index (χ3n) is 3.56. The topological polar surface area (TPSA) is 95.6 Å². The summed E-state index contributed by atoms with van der Waals surface area (Å²) in [5.74, 6) is -0.742. The lowest BCUT2D eigenvalue weighted by Crippen LogP contribution is -2.37. The number of amides is 2. The molecule has 27 heavy (non-hydrogen) atoms. The van der Waals surface area contributed by atoms with Crippen LogP contribution in [0.5, 0.6) is 0 Å². The number of nitrogens with one attached hydrogen (secondary N) is 2. The van der Waals surface area contributed by atoms with Gasteiger partial charge in [-0.15, -0.1) is 0 Å². The SMILES string of the molecule is CC(=O)Nc1cccc(NC(=O)CN(Cc2ccccc2Cl)S(C)(=O)=O)c1. The molecule has 0 heterocycles. The van der Waals surface area contributed by atoms with E-state index >= 15 is 0 Å². The summed E-state index contributed by atoms with van der Waals surface area (Å²) in [6, 6.07) is 13.4. The van der Waals surface area contributed by atoms with Crippen LogP contribution in [0, 0.1) is 0 Å². The molecule has 0 saturated heterocycles. The van der Waals surface area contributed by atoms with Crippen molar-refractivity contribution in [2.24, 2.45) is 0 Å². The molecule has 0 aliphatic rings. The molecular formula is C18H20ClN3O4S. The molecule has 0 aliphatic heterocycles. The number of halogens is 1. The zero-order valence-electron chi connectivity index (χ0n) is 14.9. The van der Waals surface area contributed by atoms with Gasteiger partial charge in [0.25, 0.3) is 0 Å². The predicted molar refractivity (Wildman–Crippen MR) is 106 cm³/mol. The van der Waals surface area contributed by atoms with Crippen molar-refractivity contribution in [2.75, 3.05) is 23.4 Å². The van der Waals surface area contributed by atoms with Crippen molar-refractivity contribution < 1.29 is 18.0 Å². The van der Waals surface area contributed by atoms with Crippen LogP contribution in [0.1, 0.15) is 12.5 Å². The number of benzene rings is 2. The van der Waals surface area contributed by atoms with Crippen LogP contribution in [0.4, 0.5) is 11.4 Å². The molecule has 0 radical (unpaired) electrons. The van der Waals surface area contributed by atoms with Crippen molar-refractivity contribution in [3.8, 4) is 0 Å². The summed E-state index contributed by atoms with van der Waals surface area (Å²) in [6.45, 7) is 0.996. The number of nitrogens with zero attached hydrogens (tertiary/aromatic N) is 1. The molecule has 9 heteroatoms. The molecule has 2 aromatic carbocycles. The van der Waals surface area contributed by atoms with Crippen LogP contribution in [0.3, 0.4) is 0 Å². The van der Waals surface area contributed by atoms with Crippen molar-refractivity contribution in [3.05, 3.63) is 59.1 Å². The quantitative estimate of drug-likeness (QED) is 0.734. The maximum absolute atomic E-state index is 12.3. The Balaban J connectivity index is 2.10. The highest BCUT2D eigenvalue weighted by Crippen LogP contribution is 2.19. The first kappa shape index (κ1) is 20.9. The van der Waals surface area contributed by atoms with E-state index in [0.717, 1.165) is 10.6 Å². The number of carbonyl (C=O) groups is 2. The zero-order chi connectivity index (χ0) is 20.0. The Kier molecular flexibility index (Phi) is 6.95. The van der Waals surface area contributed by atoms with Crippen LogP contribution in [-0.2, 0) is 26.2 Å². The van der Waals surface area contributed by atoms with Gasteiger partial charge in [-0.2, -0.15) is 4.31 Å². The summed E-state index contributed by atoms with van der Waals surface area (Å²) in [5, 5.41) is 5.67. The average Bonchev–Trinajstić information content (AvgIpc) is 2.55. The van der Waals surface area contributed by atoms with Crippen molar-refractivity contribution in [2.45, 2.75) is 13.5 Å². The molecule has 0 aliphatic carbocycles. The second kappa shape index (κ2) is 8.98. The van der Waals surface area contributed by atoms with Gasteiger partial charge < -0.3 is 10.6 Å². The highest BCUT2D eigenvalue weighted by Gasteiger charge is 2.21. The fraction of sp³-hybridized carbons (Fsp3) is 0.222. The van der Waals surface area contributed by atoms with E-state index < -0.39 is 15.9 Å². The van der Waals surface area contributed by atoms with Crippen molar-refractivity contribution in [3.63, 3.8) is 0 Å². The van der Waals surface area contributed by atoms with E-state index in [1.165, 1.54) is 6.92 Å². The van der Waals surface area contributed by atoms with Crippen LogP contribution in [0.15, 0.2) is 48.5 Å². The predicted octanol–water partition coefficient (Wildman–Crippen LogP) is 2.70. The minimum atomic E-state index is -3.63. The summed E-state index contributed by atoms with van der Waals surface area (Å²) in [4.78, 5) is 23.5. The van der Waals surface area contributed by atoms with E-state index in [0.29, 0.717) is 22.0 Å². The largest absolute Gasteiger partial charge is 0.326 e. The lowest BCUT2D eigenvalue weighted by molar-refractivity contribution is -0.116. The maximum atomic E-state index is 12.3. The Hall–Kier alpha value is -2.42. The van der Waals surface area contributed by atoms with Gasteiger partial charge in [-0.25, -0.2) is 8.42 Å². The molecule has 0 aromatic heterocycles. The molecule has 0 atom stereocenters. The van der Waals surface area contributed by atoms with Crippen molar-refractivity contribution in [1.82, 2.24) is 4.31 Å². The average molecular weight is 410 g/mol. The number of rotatable bonds is 7. The van der Waals surface area contributed by atoms with Gasteiger partial charge >= 0.3 is 0 Å².